The molecule has 1 nitrogen and oxygen atoms in total. The Balaban J connectivity index is 1.92. The van der Waals surface area contributed by atoms with Crippen LogP contribution in [0.5, 0.6) is 0 Å². The van der Waals surface area contributed by atoms with Crippen LogP contribution in [0.2, 0.25) is 5.02 Å². The van der Waals surface area contributed by atoms with E-state index < -0.39 is 0 Å². The van der Waals surface area contributed by atoms with Gasteiger partial charge in [-0.1, -0.05) is 37.4 Å². The smallest absolute Gasteiger partial charge is 0.124 e. The molecule has 0 radical (unpaired) electrons. The second-order valence-electron chi connectivity index (χ2n) is 5.61. The van der Waals surface area contributed by atoms with Crippen LogP contribution in [-0.2, 0) is 6.42 Å². The maximum absolute atomic E-state index is 13.0. The molecule has 1 N–H and O–H groups in total. The molecular formula is C16H23ClFN. The van der Waals surface area contributed by atoms with E-state index in [1.54, 1.807) is 0 Å². The molecule has 1 unspecified atom stereocenters. The van der Waals surface area contributed by atoms with Crippen molar-refractivity contribution in [3.63, 3.8) is 0 Å². The van der Waals surface area contributed by atoms with Gasteiger partial charge in [-0.3, -0.25) is 0 Å². The van der Waals surface area contributed by atoms with E-state index in [1.165, 1.54) is 37.8 Å². The first-order chi connectivity index (χ1) is 9.19. The van der Waals surface area contributed by atoms with Crippen molar-refractivity contribution in [1.29, 1.82) is 0 Å². The first-order valence-corrected chi connectivity index (χ1v) is 7.74. The fraction of sp³-hybridized carbons (Fsp3) is 0.625. The highest BCUT2D eigenvalue weighted by Gasteiger charge is 2.22. The van der Waals surface area contributed by atoms with Crippen LogP contribution in [0.4, 0.5) is 4.39 Å². The fourth-order valence-corrected chi connectivity index (χ4v) is 2.67. The molecule has 1 atom stereocenters. The lowest BCUT2D eigenvalue weighted by Crippen LogP contribution is -2.32. The van der Waals surface area contributed by atoms with Gasteiger partial charge in [-0.25, -0.2) is 4.39 Å². The van der Waals surface area contributed by atoms with E-state index >= 15 is 0 Å². The zero-order chi connectivity index (χ0) is 13.7. The van der Waals surface area contributed by atoms with Crippen molar-refractivity contribution in [2.45, 2.75) is 51.5 Å². The molecule has 1 saturated carbocycles. The first kappa shape index (κ1) is 14.8. The highest BCUT2D eigenvalue weighted by Crippen LogP contribution is 2.34. The van der Waals surface area contributed by atoms with Gasteiger partial charge in [-0.2, -0.15) is 0 Å². The summed E-state index contributed by atoms with van der Waals surface area (Å²) in [5, 5.41) is 4.14. The van der Waals surface area contributed by atoms with E-state index in [2.05, 4.69) is 12.2 Å². The summed E-state index contributed by atoms with van der Waals surface area (Å²) in [5.74, 6) is 0.694. The number of benzene rings is 1. The minimum atomic E-state index is -0.259. The van der Waals surface area contributed by atoms with Gasteiger partial charge in [0.2, 0.25) is 0 Å². The Kier molecular flexibility index (Phi) is 5.65. The number of hydrogen-bond acceptors (Lipinski definition) is 1. The third kappa shape index (κ3) is 5.12. The third-order valence-corrected chi connectivity index (χ3v) is 4.14. The summed E-state index contributed by atoms with van der Waals surface area (Å²) in [6, 6.07) is 5.19. The first-order valence-electron chi connectivity index (χ1n) is 7.36. The van der Waals surface area contributed by atoms with Crippen LogP contribution in [-0.4, -0.2) is 12.6 Å². The van der Waals surface area contributed by atoms with Gasteiger partial charge >= 0.3 is 0 Å². The van der Waals surface area contributed by atoms with E-state index in [9.17, 15) is 4.39 Å². The van der Waals surface area contributed by atoms with Crippen molar-refractivity contribution in [2.24, 2.45) is 5.92 Å². The van der Waals surface area contributed by atoms with Crippen LogP contribution in [0.15, 0.2) is 18.2 Å². The lowest BCUT2D eigenvalue weighted by atomic mass is 10.00. The average molecular weight is 284 g/mol. The number of halogens is 2. The summed E-state index contributed by atoms with van der Waals surface area (Å²) in [4.78, 5) is 0. The van der Waals surface area contributed by atoms with E-state index in [0.29, 0.717) is 11.1 Å². The number of nitrogens with one attached hydrogen (secondary N) is 1. The quantitative estimate of drug-likeness (QED) is 0.736. The Morgan fingerprint density at radius 1 is 1.42 bits per heavy atom. The normalized spacial score (nSPS) is 16.6. The van der Waals surface area contributed by atoms with Crippen LogP contribution in [0.25, 0.3) is 0 Å². The van der Waals surface area contributed by atoms with Crippen LogP contribution in [0.3, 0.4) is 0 Å². The van der Waals surface area contributed by atoms with Gasteiger partial charge in [-0.05, 0) is 55.8 Å². The second-order valence-corrected chi connectivity index (χ2v) is 6.02. The molecule has 1 aromatic rings. The van der Waals surface area contributed by atoms with Gasteiger partial charge in [0, 0.05) is 11.1 Å². The molecule has 0 saturated heterocycles. The van der Waals surface area contributed by atoms with Gasteiger partial charge in [0.15, 0.2) is 0 Å². The molecule has 0 bridgehead atoms. The fourth-order valence-electron chi connectivity index (χ4n) is 2.42. The van der Waals surface area contributed by atoms with E-state index in [4.69, 9.17) is 11.6 Å². The SMILES string of the molecule is CCCNC(CCC1CC1)Cc1ccc(F)cc1Cl. The molecule has 0 aliphatic heterocycles. The summed E-state index contributed by atoms with van der Waals surface area (Å²) in [6.07, 6.45) is 7.33. The number of rotatable bonds is 8. The molecule has 2 rings (SSSR count). The molecule has 1 aliphatic carbocycles. The van der Waals surface area contributed by atoms with Crippen molar-refractivity contribution in [3.05, 3.63) is 34.6 Å². The molecule has 1 aromatic carbocycles. The maximum Gasteiger partial charge on any atom is 0.124 e. The van der Waals surface area contributed by atoms with Crippen LogP contribution in [0.1, 0.15) is 44.6 Å². The van der Waals surface area contributed by atoms with Crippen molar-refractivity contribution < 1.29 is 4.39 Å². The molecule has 0 spiro atoms. The predicted octanol–water partition coefficient (Wildman–Crippen LogP) is 4.58. The molecule has 1 fully saturated rings. The summed E-state index contributed by atoms with van der Waals surface area (Å²) in [7, 11) is 0. The lowest BCUT2D eigenvalue weighted by Gasteiger charge is -2.19. The monoisotopic (exact) mass is 283 g/mol. The van der Waals surface area contributed by atoms with Gasteiger partial charge < -0.3 is 5.32 Å². The van der Waals surface area contributed by atoms with E-state index in [1.807, 2.05) is 6.07 Å². The molecule has 106 valence electrons. The van der Waals surface area contributed by atoms with Crippen LogP contribution >= 0.6 is 11.6 Å². The topological polar surface area (TPSA) is 12.0 Å². The summed E-state index contributed by atoms with van der Waals surface area (Å²) in [5.41, 5.74) is 1.05. The predicted molar refractivity (Wildman–Crippen MR) is 79.2 cm³/mol. The maximum atomic E-state index is 13.0. The molecule has 0 amide bonds. The Labute approximate surface area is 120 Å². The van der Waals surface area contributed by atoms with Crippen molar-refractivity contribution in [1.82, 2.24) is 5.32 Å². The van der Waals surface area contributed by atoms with Gasteiger partial charge in [-0.15, -0.1) is 0 Å². The largest absolute Gasteiger partial charge is 0.314 e. The summed E-state index contributed by atoms with van der Waals surface area (Å²) >= 11 is 6.11. The van der Waals surface area contributed by atoms with Gasteiger partial charge in [0.05, 0.1) is 0 Å². The molecule has 1 aliphatic rings. The minimum absolute atomic E-state index is 0.259. The summed E-state index contributed by atoms with van der Waals surface area (Å²) < 4.78 is 13.0. The van der Waals surface area contributed by atoms with Crippen LogP contribution < -0.4 is 5.32 Å². The molecular weight excluding hydrogens is 261 g/mol. The molecule has 0 aromatic heterocycles. The lowest BCUT2D eigenvalue weighted by molar-refractivity contribution is 0.452. The molecule has 3 heteroatoms. The van der Waals surface area contributed by atoms with Gasteiger partial charge in [0.1, 0.15) is 5.82 Å². The summed E-state index contributed by atoms with van der Waals surface area (Å²) in [6.45, 7) is 3.21. The van der Waals surface area contributed by atoms with Crippen LogP contribution in [0, 0.1) is 11.7 Å². The average Bonchev–Trinajstić information content (AvgIpc) is 3.19. The van der Waals surface area contributed by atoms with E-state index in [0.717, 1.165) is 30.9 Å². The standard InChI is InChI=1S/C16H23ClFN/c1-2-9-19-15(8-5-12-3-4-12)10-13-6-7-14(18)11-16(13)17/h6-7,11-12,15,19H,2-5,8-10H2,1H3. The molecule has 0 heterocycles. The minimum Gasteiger partial charge on any atom is -0.314 e. The molecule has 19 heavy (non-hydrogen) atoms. The highest BCUT2D eigenvalue weighted by atomic mass is 35.5. The Morgan fingerprint density at radius 3 is 2.84 bits per heavy atom. The van der Waals surface area contributed by atoms with E-state index in [-0.39, 0.29) is 5.82 Å². The van der Waals surface area contributed by atoms with Crippen molar-refractivity contribution in [2.75, 3.05) is 6.54 Å². The highest BCUT2D eigenvalue weighted by molar-refractivity contribution is 6.31. The zero-order valence-corrected chi connectivity index (χ0v) is 12.3. The number of hydrogen-bond donors (Lipinski definition) is 1. The Morgan fingerprint density at radius 2 is 2.21 bits per heavy atom. The van der Waals surface area contributed by atoms with Gasteiger partial charge in [0.25, 0.3) is 0 Å². The van der Waals surface area contributed by atoms with Crippen molar-refractivity contribution >= 4 is 11.6 Å². The second kappa shape index (κ2) is 7.25. The Hall–Kier alpha value is -0.600. The van der Waals surface area contributed by atoms with Crippen molar-refractivity contribution in [3.8, 4) is 0 Å². The third-order valence-electron chi connectivity index (χ3n) is 3.78. The zero-order valence-electron chi connectivity index (χ0n) is 11.6. The Bertz CT molecular complexity index is 404.